The molecule has 1 saturated heterocycles. The molecule has 1 atom stereocenters. The van der Waals surface area contributed by atoms with Gasteiger partial charge < -0.3 is 9.80 Å². The quantitative estimate of drug-likeness (QED) is 0.784. The van der Waals surface area contributed by atoms with Gasteiger partial charge in [-0.25, -0.2) is 8.78 Å². The zero-order chi connectivity index (χ0) is 14.9. The van der Waals surface area contributed by atoms with E-state index < -0.39 is 11.6 Å². The van der Waals surface area contributed by atoms with E-state index in [1.165, 1.54) is 0 Å². The van der Waals surface area contributed by atoms with Gasteiger partial charge in [-0.05, 0) is 39.1 Å². The maximum atomic E-state index is 13.3. The van der Waals surface area contributed by atoms with Gasteiger partial charge in [-0.3, -0.25) is 4.79 Å². The van der Waals surface area contributed by atoms with Crippen LogP contribution < -0.4 is 0 Å². The third-order valence-electron chi connectivity index (χ3n) is 3.65. The van der Waals surface area contributed by atoms with Crippen LogP contribution >= 0.6 is 11.6 Å². The summed E-state index contributed by atoms with van der Waals surface area (Å²) in [6, 6.07) is 1.99. The Bertz CT molecular complexity index is 522. The molecule has 1 aliphatic rings. The fourth-order valence-electron chi connectivity index (χ4n) is 2.42. The minimum atomic E-state index is -1.06. The Morgan fingerprint density at radius 2 is 2.00 bits per heavy atom. The van der Waals surface area contributed by atoms with Gasteiger partial charge in [-0.15, -0.1) is 0 Å². The number of benzene rings is 1. The third kappa shape index (κ3) is 3.10. The summed E-state index contributed by atoms with van der Waals surface area (Å²) in [6.45, 7) is 1.18. The van der Waals surface area contributed by atoms with Crippen molar-refractivity contribution in [1.29, 1.82) is 0 Å². The number of rotatable bonds is 2. The van der Waals surface area contributed by atoms with Gasteiger partial charge in [0.2, 0.25) is 0 Å². The zero-order valence-electron chi connectivity index (χ0n) is 11.5. The van der Waals surface area contributed by atoms with E-state index in [9.17, 15) is 13.6 Å². The zero-order valence-corrected chi connectivity index (χ0v) is 12.3. The highest BCUT2D eigenvalue weighted by atomic mass is 35.5. The molecule has 0 aromatic heterocycles. The minimum Gasteiger partial charge on any atom is -0.337 e. The molecular weight excluding hydrogens is 286 g/mol. The summed E-state index contributed by atoms with van der Waals surface area (Å²) in [4.78, 5) is 16.1. The lowest BCUT2D eigenvalue weighted by Crippen LogP contribution is -2.47. The van der Waals surface area contributed by atoms with E-state index >= 15 is 0 Å². The summed E-state index contributed by atoms with van der Waals surface area (Å²) < 4.78 is 26.3. The van der Waals surface area contributed by atoms with Crippen molar-refractivity contribution in [1.82, 2.24) is 9.80 Å². The summed E-state index contributed by atoms with van der Waals surface area (Å²) in [5, 5.41) is -0.0547. The van der Waals surface area contributed by atoms with E-state index in [1.54, 1.807) is 4.90 Å². The van der Waals surface area contributed by atoms with Gasteiger partial charge in [0.05, 0.1) is 10.6 Å². The number of piperidine rings is 1. The highest BCUT2D eigenvalue weighted by Crippen LogP contribution is 2.23. The van der Waals surface area contributed by atoms with Crippen molar-refractivity contribution in [2.24, 2.45) is 0 Å². The molecule has 6 heteroatoms. The first-order chi connectivity index (χ1) is 9.40. The largest absolute Gasteiger partial charge is 0.337 e. The molecule has 0 unspecified atom stereocenters. The summed E-state index contributed by atoms with van der Waals surface area (Å²) in [6.07, 6.45) is 1.90. The first-order valence-electron chi connectivity index (χ1n) is 6.50. The van der Waals surface area contributed by atoms with Crippen LogP contribution in [0.1, 0.15) is 23.2 Å². The van der Waals surface area contributed by atoms with Crippen LogP contribution in [0.15, 0.2) is 12.1 Å². The molecule has 1 amide bonds. The van der Waals surface area contributed by atoms with Gasteiger partial charge in [0.25, 0.3) is 5.91 Å². The molecule has 2 rings (SSSR count). The lowest BCUT2D eigenvalue weighted by molar-refractivity contribution is 0.0634. The standard InChI is InChI=1S/C14H17ClF2N2O/c1-18(2)9-4-3-5-19(8-9)14(20)10-6-12(16)13(17)7-11(10)15/h6-7,9H,3-5,8H2,1-2H3/t9-/m0/s1. The summed E-state index contributed by atoms with van der Waals surface area (Å²) >= 11 is 5.85. The summed E-state index contributed by atoms with van der Waals surface area (Å²) in [5.74, 6) is -2.45. The van der Waals surface area contributed by atoms with Gasteiger partial charge >= 0.3 is 0 Å². The Labute approximate surface area is 122 Å². The summed E-state index contributed by atoms with van der Waals surface area (Å²) in [7, 11) is 3.92. The number of likely N-dealkylation sites (N-methyl/N-ethyl adjacent to an activating group) is 1. The van der Waals surface area contributed by atoms with Crippen LogP contribution in [0.25, 0.3) is 0 Å². The van der Waals surface area contributed by atoms with Crippen LogP contribution in [0.3, 0.4) is 0 Å². The normalized spacial score (nSPS) is 19.5. The Kier molecular flexibility index (Phi) is 4.60. The lowest BCUT2D eigenvalue weighted by atomic mass is 10.0. The molecule has 1 heterocycles. The lowest BCUT2D eigenvalue weighted by Gasteiger charge is -2.36. The van der Waals surface area contributed by atoms with Crippen molar-refractivity contribution in [3.8, 4) is 0 Å². The highest BCUT2D eigenvalue weighted by molar-refractivity contribution is 6.33. The van der Waals surface area contributed by atoms with Crippen molar-refractivity contribution in [3.63, 3.8) is 0 Å². The molecule has 1 aromatic carbocycles. The molecule has 3 nitrogen and oxygen atoms in total. The number of halogens is 3. The number of carbonyl (C=O) groups excluding carboxylic acids is 1. The SMILES string of the molecule is CN(C)[C@H]1CCCN(C(=O)c2cc(F)c(F)cc2Cl)C1. The third-order valence-corrected chi connectivity index (χ3v) is 3.97. The van der Waals surface area contributed by atoms with Gasteiger partial charge in [0.1, 0.15) is 0 Å². The Morgan fingerprint density at radius 3 is 2.65 bits per heavy atom. The molecule has 0 spiro atoms. The van der Waals surface area contributed by atoms with E-state index in [0.717, 1.165) is 25.0 Å². The number of likely N-dealkylation sites (tertiary alicyclic amines) is 1. The molecule has 0 N–H and O–H groups in total. The van der Waals surface area contributed by atoms with E-state index in [1.807, 2.05) is 14.1 Å². The van der Waals surface area contributed by atoms with Gasteiger partial charge in [0.15, 0.2) is 11.6 Å². The predicted molar refractivity (Wildman–Crippen MR) is 74.0 cm³/mol. The average Bonchev–Trinajstić information content (AvgIpc) is 2.42. The topological polar surface area (TPSA) is 23.6 Å². The molecule has 0 radical (unpaired) electrons. The number of hydrogen-bond acceptors (Lipinski definition) is 2. The Balaban J connectivity index is 2.21. The molecule has 1 fully saturated rings. The Morgan fingerprint density at radius 1 is 1.35 bits per heavy atom. The van der Waals surface area contributed by atoms with Crippen LogP contribution in [0.5, 0.6) is 0 Å². The van der Waals surface area contributed by atoms with Crippen LogP contribution in [0, 0.1) is 11.6 Å². The number of hydrogen-bond donors (Lipinski definition) is 0. The van der Waals surface area contributed by atoms with Crippen molar-refractivity contribution in [2.75, 3.05) is 27.2 Å². The van der Waals surface area contributed by atoms with Crippen molar-refractivity contribution < 1.29 is 13.6 Å². The van der Waals surface area contributed by atoms with Gasteiger partial charge in [-0.1, -0.05) is 11.6 Å². The van der Waals surface area contributed by atoms with Crippen LogP contribution in [-0.2, 0) is 0 Å². The Hall–Kier alpha value is -1.20. The van der Waals surface area contributed by atoms with E-state index in [0.29, 0.717) is 13.1 Å². The van der Waals surface area contributed by atoms with Gasteiger partial charge in [-0.2, -0.15) is 0 Å². The fourth-order valence-corrected chi connectivity index (χ4v) is 2.65. The maximum absolute atomic E-state index is 13.3. The second kappa shape index (κ2) is 6.06. The summed E-state index contributed by atoms with van der Waals surface area (Å²) in [5.41, 5.74) is 0.0185. The maximum Gasteiger partial charge on any atom is 0.255 e. The first-order valence-corrected chi connectivity index (χ1v) is 6.88. The number of amides is 1. The molecule has 1 aliphatic heterocycles. The molecule has 1 aromatic rings. The fraction of sp³-hybridized carbons (Fsp3) is 0.500. The van der Waals surface area contributed by atoms with Crippen molar-refractivity contribution >= 4 is 17.5 Å². The average molecular weight is 303 g/mol. The molecule has 110 valence electrons. The van der Waals surface area contributed by atoms with Crippen molar-refractivity contribution in [3.05, 3.63) is 34.4 Å². The molecule has 20 heavy (non-hydrogen) atoms. The van der Waals surface area contributed by atoms with Crippen molar-refractivity contribution in [2.45, 2.75) is 18.9 Å². The predicted octanol–water partition coefficient (Wildman–Crippen LogP) is 2.78. The van der Waals surface area contributed by atoms with E-state index in [2.05, 4.69) is 4.90 Å². The second-order valence-electron chi connectivity index (χ2n) is 5.26. The van der Waals surface area contributed by atoms with Gasteiger partial charge in [0, 0.05) is 19.1 Å². The van der Waals surface area contributed by atoms with E-state index in [4.69, 9.17) is 11.6 Å². The van der Waals surface area contributed by atoms with Crippen LogP contribution in [0.2, 0.25) is 5.02 Å². The number of carbonyl (C=O) groups is 1. The first kappa shape index (κ1) is 15.2. The molecule has 0 bridgehead atoms. The molecule has 0 saturated carbocycles. The number of nitrogens with zero attached hydrogens (tertiary/aromatic N) is 2. The van der Waals surface area contributed by atoms with E-state index in [-0.39, 0.29) is 22.5 Å². The second-order valence-corrected chi connectivity index (χ2v) is 5.66. The minimum absolute atomic E-state index is 0.0185. The smallest absolute Gasteiger partial charge is 0.255 e. The van der Waals surface area contributed by atoms with Crippen LogP contribution in [-0.4, -0.2) is 48.9 Å². The highest BCUT2D eigenvalue weighted by Gasteiger charge is 2.27. The molecular formula is C14H17ClF2N2O. The molecule has 0 aliphatic carbocycles. The van der Waals surface area contributed by atoms with Crippen LogP contribution in [0.4, 0.5) is 8.78 Å². The monoisotopic (exact) mass is 302 g/mol.